The highest BCUT2D eigenvalue weighted by Gasteiger charge is 2.24. The van der Waals surface area contributed by atoms with E-state index >= 15 is 0 Å². The van der Waals surface area contributed by atoms with E-state index in [9.17, 15) is 9.59 Å². The fraction of sp³-hybridized carbons (Fsp3) is 0.261. The predicted octanol–water partition coefficient (Wildman–Crippen LogP) is 2.81. The van der Waals surface area contributed by atoms with E-state index in [-0.39, 0.29) is 11.8 Å². The molecule has 0 radical (unpaired) electrons. The summed E-state index contributed by atoms with van der Waals surface area (Å²) in [5.74, 6) is 0.0678. The van der Waals surface area contributed by atoms with Gasteiger partial charge in [0.05, 0.1) is 6.54 Å². The van der Waals surface area contributed by atoms with E-state index in [4.69, 9.17) is 0 Å². The molecular weight excluding hydrogens is 364 g/mol. The molecule has 1 saturated heterocycles. The lowest BCUT2D eigenvalue weighted by molar-refractivity contribution is -0.130. The normalized spacial score (nSPS) is 14.7. The van der Waals surface area contributed by atoms with Gasteiger partial charge in [0, 0.05) is 50.6 Å². The molecule has 0 aliphatic carbocycles. The number of benzene rings is 2. The largest absolute Gasteiger partial charge is 0.337 e. The summed E-state index contributed by atoms with van der Waals surface area (Å²) in [4.78, 5) is 29.2. The second-order valence-corrected chi connectivity index (χ2v) is 7.25. The number of amides is 2. The summed E-state index contributed by atoms with van der Waals surface area (Å²) in [6.45, 7) is 2.75. The second kappa shape index (κ2) is 8.73. The van der Waals surface area contributed by atoms with Gasteiger partial charge in [0.1, 0.15) is 0 Å². The Morgan fingerprint density at radius 1 is 0.897 bits per heavy atom. The van der Waals surface area contributed by atoms with Gasteiger partial charge >= 0.3 is 0 Å². The Bertz CT molecular complexity index is 970. The number of aromatic nitrogens is 2. The van der Waals surface area contributed by atoms with Gasteiger partial charge in [-0.2, -0.15) is 5.10 Å². The van der Waals surface area contributed by atoms with Crippen LogP contribution in [0.4, 0.5) is 0 Å². The summed E-state index contributed by atoms with van der Waals surface area (Å²) >= 11 is 0. The monoisotopic (exact) mass is 388 g/mol. The van der Waals surface area contributed by atoms with Crippen molar-refractivity contribution in [3.63, 3.8) is 0 Å². The molecule has 1 aliphatic heterocycles. The van der Waals surface area contributed by atoms with Gasteiger partial charge in [0.2, 0.25) is 5.91 Å². The number of nitrogens with zero attached hydrogens (tertiary/aromatic N) is 4. The third kappa shape index (κ3) is 4.71. The summed E-state index contributed by atoms with van der Waals surface area (Å²) in [7, 11) is 0. The van der Waals surface area contributed by atoms with E-state index in [0.29, 0.717) is 44.7 Å². The Balaban J connectivity index is 1.42. The highest BCUT2D eigenvalue weighted by Crippen LogP contribution is 2.14. The van der Waals surface area contributed by atoms with Crippen LogP contribution in [0.3, 0.4) is 0 Å². The van der Waals surface area contributed by atoms with Gasteiger partial charge in [-0.25, -0.2) is 0 Å². The van der Waals surface area contributed by atoms with Crippen molar-refractivity contribution in [2.45, 2.75) is 19.5 Å². The van der Waals surface area contributed by atoms with E-state index in [1.54, 1.807) is 11.1 Å². The fourth-order valence-corrected chi connectivity index (χ4v) is 3.61. The number of hydrogen-bond acceptors (Lipinski definition) is 3. The molecule has 0 spiro atoms. The highest BCUT2D eigenvalue weighted by molar-refractivity contribution is 5.95. The van der Waals surface area contributed by atoms with Crippen molar-refractivity contribution >= 4 is 11.8 Å². The molecule has 2 heterocycles. The van der Waals surface area contributed by atoms with Crippen molar-refractivity contribution in [3.05, 3.63) is 89.7 Å². The summed E-state index contributed by atoms with van der Waals surface area (Å²) in [5.41, 5.74) is 2.78. The standard InChI is InChI=1S/C23H24N4O2/c28-22-10-13-25(14-15-26(22)17-19-6-2-1-3-7-19)23(29)21-9-4-8-20(16-21)18-27-12-5-11-24-27/h1-9,11-12,16H,10,13-15,17-18H2. The first-order valence-electron chi connectivity index (χ1n) is 9.86. The van der Waals surface area contributed by atoms with Gasteiger partial charge in [-0.1, -0.05) is 42.5 Å². The van der Waals surface area contributed by atoms with Gasteiger partial charge in [-0.05, 0) is 29.3 Å². The molecule has 1 fully saturated rings. The molecule has 1 aromatic heterocycles. The first-order valence-corrected chi connectivity index (χ1v) is 9.86. The molecule has 0 saturated carbocycles. The summed E-state index contributed by atoms with van der Waals surface area (Å²) in [6.07, 6.45) is 3.99. The molecule has 0 unspecified atom stereocenters. The van der Waals surface area contributed by atoms with E-state index in [2.05, 4.69) is 5.10 Å². The van der Waals surface area contributed by atoms with Crippen molar-refractivity contribution in [2.75, 3.05) is 19.6 Å². The van der Waals surface area contributed by atoms with Crippen molar-refractivity contribution in [3.8, 4) is 0 Å². The number of carbonyl (C=O) groups is 2. The molecule has 148 valence electrons. The Labute approximate surface area is 170 Å². The van der Waals surface area contributed by atoms with E-state index < -0.39 is 0 Å². The maximum Gasteiger partial charge on any atom is 0.253 e. The van der Waals surface area contributed by atoms with Crippen LogP contribution in [0.15, 0.2) is 73.1 Å². The predicted molar refractivity (Wildman–Crippen MR) is 110 cm³/mol. The first kappa shape index (κ1) is 18.9. The first-order chi connectivity index (χ1) is 14.2. The minimum absolute atomic E-state index is 0.0262. The van der Waals surface area contributed by atoms with E-state index in [0.717, 1.165) is 11.1 Å². The summed E-state index contributed by atoms with van der Waals surface area (Å²) < 4.78 is 1.83. The topological polar surface area (TPSA) is 58.4 Å². The number of carbonyl (C=O) groups excluding carboxylic acids is 2. The Morgan fingerprint density at radius 2 is 1.72 bits per heavy atom. The lowest BCUT2D eigenvalue weighted by Crippen LogP contribution is -2.35. The number of rotatable bonds is 5. The fourth-order valence-electron chi connectivity index (χ4n) is 3.61. The molecule has 29 heavy (non-hydrogen) atoms. The van der Waals surface area contributed by atoms with Crippen molar-refractivity contribution in [1.82, 2.24) is 19.6 Å². The van der Waals surface area contributed by atoms with Gasteiger partial charge in [-0.15, -0.1) is 0 Å². The smallest absolute Gasteiger partial charge is 0.253 e. The highest BCUT2D eigenvalue weighted by atomic mass is 16.2. The van der Waals surface area contributed by atoms with Gasteiger partial charge in [-0.3, -0.25) is 14.3 Å². The zero-order valence-corrected chi connectivity index (χ0v) is 16.3. The minimum atomic E-state index is -0.0262. The van der Waals surface area contributed by atoms with Crippen LogP contribution in [-0.4, -0.2) is 51.0 Å². The van der Waals surface area contributed by atoms with Gasteiger partial charge in [0.15, 0.2) is 0 Å². The Morgan fingerprint density at radius 3 is 2.52 bits per heavy atom. The van der Waals surface area contributed by atoms with Crippen molar-refractivity contribution in [1.29, 1.82) is 0 Å². The number of hydrogen-bond donors (Lipinski definition) is 0. The third-order valence-corrected chi connectivity index (χ3v) is 5.17. The van der Waals surface area contributed by atoms with Crippen LogP contribution in [0.25, 0.3) is 0 Å². The minimum Gasteiger partial charge on any atom is -0.337 e. The average molecular weight is 388 g/mol. The van der Waals surface area contributed by atoms with Crippen LogP contribution in [0.1, 0.15) is 27.9 Å². The molecule has 0 bridgehead atoms. The van der Waals surface area contributed by atoms with E-state index in [1.165, 1.54) is 0 Å². The zero-order chi connectivity index (χ0) is 20.1. The van der Waals surface area contributed by atoms with Crippen LogP contribution in [0.2, 0.25) is 0 Å². The van der Waals surface area contributed by atoms with Crippen LogP contribution < -0.4 is 0 Å². The van der Waals surface area contributed by atoms with Crippen LogP contribution in [-0.2, 0) is 17.9 Å². The average Bonchev–Trinajstić information content (AvgIpc) is 3.19. The molecule has 1 aliphatic rings. The Kier molecular flexibility index (Phi) is 5.70. The van der Waals surface area contributed by atoms with Crippen LogP contribution in [0.5, 0.6) is 0 Å². The molecule has 0 atom stereocenters. The molecule has 3 aromatic rings. The van der Waals surface area contributed by atoms with Gasteiger partial charge in [0.25, 0.3) is 5.91 Å². The quantitative estimate of drug-likeness (QED) is 0.675. The lowest BCUT2D eigenvalue weighted by Gasteiger charge is -2.22. The summed E-state index contributed by atoms with van der Waals surface area (Å²) in [5, 5.41) is 4.22. The lowest BCUT2D eigenvalue weighted by atomic mass is 10.1. The second-order valence-electron chi connectivity index (χ2n) is 7.25. The van der Waals surface area contributed by atoms with Crippen LogP contribution >= 0.6 is 0 Å². The molecule has 2 amide bonds. The molecule has 6 nitrogen and oxygen atoms in total. The SMILES string of the molecule is O=C1CCN(C(=O)c2cccc(Cn3cccn3)c2)CCN1Cc1ccccc1. The third-order valence-electron chi connectivity index (χ3n) is 5.17. The molecule has 0 N–H and O–H groups in total. The maximum absolute atomic E-state index is 13.1. The molecular formula is C23H24N4O2. The maximum atomic E-state index is 13.1. The molecule has 2 aromatic carbocycles. The van der Waals surface area contributed by atoms with Gasteiger partial charge < -0.3 is 9.80 Å². The molecule has 6 heteroatoms. The van der Waals surface area contributed by atoms with Crippen molar-refractivity contribution in [2.24, 2.45) is 0 Å². The molecule has 4 rings (SSSR count). The zero-order valence-electron chi connectivity index (χ0n) is 16.3. The Hall–Kier alpha value is -3.41. The summed E-state index contributed by atoms with van der Waals surface area (Å²) in [6, 6.07) is 19.5. The van der Waals surface area contributed by atoms with E-state index in [1.807, 2.05) is 76.4 Å². The van der Waals surface area contributed by atoms with Crippen molar-refractivity contribution < 1.29 is 9.59 Å². The van der Waals surface area contributed by atoms with Crippen LogP contribution in [0, 0.1) is 0 Å².